The predicted octanol–water partition coefficient (Wildman–Crippen LogP) is 5.26. The van der Waals surface area contributed by atoms with Gasteiger partial charge in [-0.05, 0) is 30.2 Å². The number of halogens is 2. The van der Waals surface area contributed by atoms with Gasteiger partial charge in [0.15, 0.2) is 0 Å². The number of nitrogens with zero attached hydrogens (tertiary/aromatic N) is 2. The second-order valence-corrected chi connectivity index (χ2v) is 6.91. The van der Waals surface area contributed by atoms with Crippen LogP contribution in [-0.4, -0.2) is 9.97 Å². The molecule has 0 N–H and O–H groups in total. The lowest BCUT2D eigenvalue weighted by molar-refractivity contribution is 0.997. The van der Waals surface area contributed by atoms with E-state index in [1.54, 1.807) is 11.3 Å². The molecule has 3 rings (SSSR count). The second kappa shape index (κ2) is 5.80. The summed E-state index contributed by atoms with van der Waals surface area (Å²) in [6.07, 6.45) is 1.70. The van der Waals surface area contributed by atoms with Crippen LogP contribution in [0, 0.1) is 0 Å². The monoisotopic (exact) mass is 366 g/mol. The number of aromatic nitrogens is 2. The van der Waals surface area contributed by atoms with E-state index in [0.29, 0.717) is 11.6 Å². The maximum absolute atomic E-state index is 6.27. The Kier molecular flexibility index (Phi) is 4.06. The summed E-state index contributed by atoms with van der Waals surface area (Å²) in [7, 11) is 0. The molecule has 0 saturated heterocycles. The number of fused-ring (bicyclic) bond motifs is 1. The quantitative estimate of drug-likeness (QED) is 0.590. The summed E-state index contributed by atoms with van der Waals surface area (Å²) in [6, 6.07) is 10.3. The molecule has 1 aromatic carbocycles. The van der Waals surface area contributed by atoms with Gasteiger partial charge in [-0.25, -0.2) is 9.97 Å². The SMILES string of the molecule is CCc1cc2c(Cl)nc(Cc3ccc(Br)cc3)nc2s1. The molecule has 20 heavy (non-hydrogen) atoms. The van der Waals surface area contributed by atoms with Crippen LogP contribution < -0.4 is 0 Å². The van der Waals surface area contributed by atoms with Crippen molar-refractivity contribution < 1.29 is 0 Å². The third-order valence-corrected chi connectivity index (χ3v) is 5.06. The minimum absolute atomic E-state index is 0.554. The molecular weight excluding hydrogens is 356 g/mol. The predicted molar refractivity (Wildman–Crippen MR) is 88.8 cm³/mol. The number of rotatable bonds is 3. The molecule has 0 atom stereocenters. The van der Waals surface area contributed by atoms with E-state index in [9.17, 15) is 0 Å². The summed E-state index contributed by atoms with van der Waals surface area (Å²) < 4.78 is 1.07. The Morgan fingerprint density at radius 2 is 1.95 bits per heavy atom. The molecule has 3 aromatic rings. The van der Waals surface area contributed by atoms with Crippen LogP contribution in [0.1, 0.15) is 23.2 Å². The number of thiophene rings is 1. The molecule has 0 amide bonds. The second-order valence-electron chi connectivity index (χ2n) is 4.52. The van der Waals surface area contributed by atoms with Gasteiger partial charge in [0.05, 0.1) is 0 Å². The highest BCUT2D eigenvalue weighted by atomic mass is 79.9. The summed E-state index contributed by atoms with van der Waals surface area (Å²) in [5, 5.41) is 1.52. The minimum Gasteiger partial charge on any atom is -0.222 e. The molecule has 0 aliphatic heterocycles. The van der Waals surface area contributed by atoms with Gasteiger partial charge in [-0.2, -0.15) is 0 Å². The van der Waals surface area contributed by atoms with E-state index < -0.39 is 0 Å². The van der Waals surface area contributed by atoms with Crippen molar-refractivity contribution in [2.24, 2.45) is 0 Å². The number of hydrogen-bond donors (Lipinski definition) is 0. The molecule has 2 aromatic heterocycles. The van der Waals surface area contributed by atoms with E-state index in [0.717, 1.165) is 26.9 Å². The van der Waals surface area contributed by atoms with E-state index in [4.69, 9.17) is 11.6 Å². The van der Waals surface area contributed by atoms with Gasteiger partial charge in [0.2, 0.25) is 0 Å². The summed E-state index contributed by atoms with van der Waals surface area (Å²) in [5.74, 6) is 0.773. The van der Waals surface area contributed by atoms with Crippen molar-refractivity contribution in [1.29, 1.82) is 0 Å². The lowest BCUT2D eigenvalue weighted by atomic mass is 10.1. The van der Waals surface area contributed by atoms with E-state index in [-0.39, 0.29) is 0 Å². The first kappa shape index (κ1) is 14.0. The topological polar surface area (TPSA) is 25.8 Å². The lowest BCUT2D eigenvalue weighted by Crippen LogP contribution is -1.96. The van der Waals surface area contributed by atoms with Gasteiger partial charge >= 0.3 is 0 Å². The average Bonchev–Trinajstić information content (AvgIpc) is 2.85. The smallest absolute Gasteiger partial charge is 0.141 e. The van der Waals surface area contributed by atoms with Crippen LogP contribution in [0.2, 0.25) is 5.15 Å². The van der Waals surface area contributed by atoms with Gasteiger partial charge in [0.1, 0.15) is 15.8 Å². The first-order valence-corrected chi connectivity index (χ1v) is 8.33. The van der Waals surface area contributed by atoms with Gasteiger partial charge in [0, 0.05) is 21.2 Å². The molecule has 5 heteroatoms. The maximum Gasteiger partial charge on any atom is 0.141 e. The van der Waals surface area contributed by atoms with Crippen molar-refractivity contribution in [3.63, 3.8) is 0 Å². The third kappa shape index (κ3) is 2.87. The Labute approximate surface area is 135 Å². The summed E-state index contributed by atoms with van der Waals surface area (Å²) in [4.78, 5) is 11.3. The molecule has 2 nitrogen and oxygen atoms in total. The fraction of sp³-hybridized carbons (Fsp3) is 0.200. The highest BCUT2D eigenvalue weighted by molar-refractivity contribution is 9.10. The van der Waals surface area contributed by atoms with E-state index in [2.05, 4.69) is 51.0 Å². The summed E-state index contributed by atoms with van der Waals surface area (Å²) in [6.45, 7) is 2.13. The van der Waals surface area contributed by atoms with Gasteiger partial charge in [0.25, 0.3) is 0 Å². The fourth-order valence-electron chi connectivity index (χ4n) is 2.02. The minimum atomic E-state index is 0.554. The normalized spacial score (nSPS) is 11.2. The first-order chi connectivity index (χ1) is 9.65. The molecule has 0 aliphatic carbocycles. The van der Waals surface area contributed by atoms with Crippen LogP contribution in [-0.2, 0) is 12.8 Å². The van der Waals surface area contributed by atoms with Crippen LogP contribution in [0.5, 0.6) is 0 Å². The summed E-state index contributed by atoms with van der Waals surface area (Å²) in [5.41, 5.74) is 1.18. The van der Waals surface area contributed by atoms with Gasteiger partial charge < -0.3 is 0 Å². The lowest BCUT2D eigenvalue weighted by Gasteiger charge is -2.02. The zero-order valence-electron chi connectivity index (χ0n) is 10.9. The highest BCUT2D eigenvalue weighted by Crippen LogP contribution is 2.29. The molecule has 0 spiro atoms. The van der Waals surface area contributed by atoms with Crippen LogP contribution in [0.3, 0.4) is 0 Å². The molecule has 0 fully saturated rings. The Bertz CT molecular complexity index is 752. The first-order valence-electron chi connectivity index (χ1n) is 6.35. The number of aryl methyl sites for hydroxylation is 1. The van der Waals surface area contributed by atoms with Crippen LogP contribution >= 0.6 is 38.9 Å². The molecular formula is C15H12BrClN2S. The Morgan fingerprint density at radius 1 is 1.20 bits per heavy atom. The summed E-state index contributed by atoms with van der Waals surface area (Å²) >= 11 is 11.4. The van der Waals surface area contributed by atoms with Gasteiger partial charge in [-0.15, -0.1) is 11.3 Å². The third-order valence-electron chi connectivity index (χ3n) is 3.07. The van der Waals surface area contributed by atoms with Gasteiger partial charge in [-0.3, -0.25) is 0 Å². The van der Waals surface area contributed by atoms with Crippen molar-refractivity contribution in [2.75, 3.05) is 0 Å². The van der Waals surface area contributed by atoms with Crippen molar-refractivity contribution in [2.45, 2.75) is 19.8 Å². The number of benzene rings is 1. The van der Waals surface area contributed by atoms with Crippen LogP contribution in [0.15, 0.2) is 34.8 Å². The van der Waals surface area contributed by atoms with E-state index in [1.807, 2.05) is 12.1 Å². The molecule has 0 unspecified atom stereocenters. The Hall–Kier alpha value is -0.970. The Morgan fingerprint density at radius 3 is 2.65 bits per heavy atom. The van der Waals surface area contributed by atoms with Crippen LogP contribution in [0.4, 0.5) is 0 Å². The molecule has 0 aliphatic rings. The average molecular weight is 368 g/mol. The molecule has 0 saturated carbocycles. The zero-order valence-corrected chi connectivity index (χ0v) is 14.0. The zero-order chi connectivity index (χ0) is 14.1. The molecule has 102 valence electrons. The van der Waals surface area contributed by atoms with Crippen molar-refractivity contribution in [3.05, 3.63) is 56.2 Å². The van der Waals surface area contributed by atoms with Crippen molar-refractivity contribution in [1.82, 2.24) is 9.97 Å². The van der Waals surface area contributed by atoms with Crippen LogP contribution in [0.25, 0.3) is 10.2 Å². The Balaban J connectivity index is 1.97. The molecule has 0 bridgehead atoms. The van der Waals surface area contributed by atoms with E-state index >= 15 is 0 Å². The van der Waals surface area contributed by atoms with E-state index in [1.165, 1.54) is 10.4 Å². The van der Waals surface area contributed by atoms with Crippen molar-refractivity contribution in [3.8, 4) is 0 Å². The number of hydrogen-bond acceptors (Lipinski definition) is 3. The standard InChI is InChI=1S/C15H12BrClN2S/c1-2-11-8-12-14(17)18-13(19-15(12)20-11)7-9-3-5-10(16)6-4-9/h3-6,8H,2,7H2,1H3. The maximum atomic E-state index is 6.27. The molecule has 2 heterocycles. The fourth-order valence-corrected chi connectivity index (χ4v) is 3.56. The van der Waals surface area contributed by atoms with Gasteiger partial charge in [-0.1, -0.05) is 46.6 Å². The highest BCUT2D eigenvalue weighted by Gasteiger charge is 2.10. The largest absolute Gasteiger partial charge is 0.222 e. The van der Waals surface area contributed by atoms with Crippen molar-refractivity contribution >= 4 is 49.1 Å². The molecule has 0 radical (unpaired) electrons.